The SMILES string of the molecule is CCOC12CCCCC1CC(c1ccccc1)=NO2. The minimum absolute atomic E-state index is 0.439. The van der Waals surface area contributed by atoms with E-state index in [-0.39, 0.29) is 0 Å². The van der Waals surface area contributed by atoms with Crippen molar-refractivity contribution in [3.05, 3.63) is 35.9 Å². The number of hydrogen-bond acceptors (Lipinski definition) is 3. The molecule has 1 aromatic rings. The molecule has 1 aliphatic heterocycles. The number of benzene rings is 1. The molecule has 1 aliphatic carbocycles. The van der Waals surface area contributed by atoms with E-state index < -0.39 is 5.79 Å². The highest BCUT2D eigenvalue weighted by Crippen LogP contribution is 2.43. The van der Waals surface area contributed by atoms with Crippen molar-refractivity contribution in [1.29, 1.82) is 0 Å². The fourth-order valence-electron chi connectivity index (χ4n) is 3.23. The lowest BCUT2D eigenvalue weighted by Crippen LogP contribution is -2.48. The predicted octanol–water partition coefficient (Wildman–Crippen LogP) is 3.73. The van der Waals surface area contributed by atoms with E-state index in [1.165, 1.54) is 19.3 Å². The van der Waals surface area contributed by atoms with E-state index >= 15 is 0 Å². The molecule has 0 radical (unpaired) electrons. The second-order valence-electron chi connectivity index (χ2n) is 5.39. The van der Waals surface area contributed by atoms with E-state index in [0.717, 1.165) is 24.1 Å². The fraction of sp³-hybridized carbons (Fsp3) is 0.562. The molecule has 1 aromatic carbocycles. The molecule has 0 saturated heterocycles. The Morgan fingerprint density at radius 2 is 2.16 bits per heavy atom. The van der Waals surface area contributed by atoms with Crippen LogP contribution in [0.25, 0.3) is 0 Å². The second-order valence-corrected chi connectivity index (χ2v) is 5.39. The Balaban J connectivity index is 1.85. The minimum Gasteiger partial charge on any atom is -0.360 e. The number of rotatable bonds is 3. The molecule has 2 atom stereocenters. The van der Waals surface area contributed by atoms with Gasteiger partial charge in [0.2, 0.25) is 5.79 Å². The minimum atomic E-state index is -0.453. The molecule has 0 aromatic heterocycles. The van der Waals surface area contributed by atoms with Crippen molar-refractivity contribution in [3.63, 3.8) is 0 Å². The first kappa shape index (κ1) is 12.7. The molecule has 102 valence electrons. The summed E-state index contributed by atoms with van der Waals surface area (Å²) in [6, 6.07) is 10.3. The molecular formula is C16H21NO2. The first-order valence-electron chi connectivity index (χ1n) is 7.28. The number of oxime groups is 1. The molecule has 1 heterocycles. The Hall–Kier alpha value is -1.35. The second kappa shape index (κ2) is 5.33. The molecule has 0 spiro atoms. The summed E-state index contributed by atoms with van der Waals surface area (Å²) in [5.74, 6) is -0.0143. The van der Waals surface area contributed by atoms with Gasteiger partial charge in [-0.3, -0.25) is 0 Å². The average Bonchev–Trinajstić information content (AvgIpc) is 2.48. The maximum absolute atomic E-state index is 5.93. The van der Waals surface area contributed by atoms with Gasteiger partial charge in [0.15, 0.2) is 0 Å². The van der Waals surface area contributed by atoms with E-state index in [4.69, 9.17) is 9.57 Å². The van der Waals surface area contributed by atoms with Gasteiger partial charge in [-0.15, -0.1) is 0 Å². The third-order valence-corrected chi connectivity index (χ3v) is 4.20. The van der Waals surface area contributed by atoms with Crippen LogP contribution in [0.1, 0.15) is 44.6 Å². The molecule has 3 heteroatoms. The van der Waals surface area contributed by atoms with Gasteiger partial charge in [-0.25, -0.2) is 0 Å². The topological polar surface area (TPSA) is 30.8 Å². The van der Waals surface area contributed by atoms with Crippen molar-refractivity contribution in [2.75, 3.05) is 6.61 Å². The number of fused-ring (bicyclic) bond motifs is 1. The van der Waals surface area contributed by atoms with Gasteiger partial charge in [0.25, 0.3) is 0 Å². The van der Waals surface area contributed by atoms with Gasteiger partial charge in [0, 0.05) is 25.4 Å². The van der Waals surface area contributed by atoms with Crippen molar-refractivity contribution in [1.82, 2.24) is 0 Å². The maximum atomic E-state index is 5.93. The fourth-order valence-corrected chi connectivity index (χ4v) is 3.23. The van der Waals surface area contributed by atoms with E-state index in [1.807, 2.05) is 25.1 Å². The first-order chi connectivity index (χ1) is 9.34. The van der Waals surface area contributed by atoms with Crippen LogP contribution in [0, 0.1) is 5.92 Å². The zero-order chi connectivity index (χ0) is 13.1. The van der Waals surface area contributed by atoms with Crippen LogP contribution in [0.15, 0.2) is 35.5 Å². The molecule has 0 amide bonds. The van der Waals surface area contributed by atoms with Crippen molar-refractivity contribution in [2.45, 2.75) is 44.8 Å². The third kappa shape index (κ3) is 2.39. The molecule has 1 fully saturated rings. The average molecular weight is 259 g/mol. The standard InChI is InChI=1S/C16H21NO2/c1-2-18-16-11-7-6-10-14(16)12-15(17-19-16)13-8-4-3-5-9-13/h3-5,8-9,14H,2,6-7,10-12H2,1H3. The molecule has 0 bridgehead atoms. The molecule has 3 nitrogen and oxygen atoms in total. The summed E-state index contributed by atoms with van der Waals surface area (Å²) in [5.41, 5.74) is 2.22. The van der Waals surface area contributed by atoms with Crippen molar-refractivity contribution in [2.24, 2.45) is 11.1 Å². The van der Waals surface area contributed by atoms with Crippen molar-refractivity contribution in [3.8, 4) is 0 Å². The first-order valence-corrected chi connectivity index (χ1v) is 7.28. The summed E-state index contributed by atoms with van der Waals surface area (Å²) in [4.78, 5) is 5.84. The Bertz CT molecular complexity index is 453. The molecular weight excluding hydrogens is 238 g/mol. The summed E-state index contributed by atoms with van der Waals surface area (Å²) < 4.78 is 5.93. The predicted molar refractivity (Wildman–Crippen MR) is 75.0 cm³/mol. The van der Waals surface area contributed by atoms with Crippen LogP contribution in [0.2, 0.25) is 0 Å². The molecule has 2 unspecified atom stereocenters. The van der Waals surface area contributed by atoms with E-state index in [2.05, 4.69) is 17.3 Å². The number of ether oxygens (including phenoxy) is 1. The Morgan fingerprint density at radius 3 is 2.95 bits per heavy atom. The third-order valence-electron chi connectivity index (χ3n) is 4.20. The Morgan fingerprint density at radius 1 is 1.32 bits per heavy atom. The Labute approximate surface area is 114 Å². The summed E-state index contributed by atoms with van der Waals surface area (Å²) in [6.45, 7) is 2.72. The highest BCUT2D eigenvalue weighted by atomic mass is 16.8. The van der Waals surface area contributed by atoms with Gasteiger partial charge in [-0.2, -0.15) is 0 Å². The van der Waals surface area contributed by atoms with Crippen LogP contribution in [0.3, 0.4) is 0 Å². The number of nitrogens with zero attached hydrogens (tertiary/aromatic N) is 1. The van der Waals surface area contributed by atoms with Crippen molar-refractivity contribution < 1.29 is 9.57 Å². The zero-order valence-electron chi connectivity index (χ0n) is 11.5. The number of hydrogen-bond donors (Lipinski definition) is 0. The van der Waals surface area contributed by atoms with Crippen LogP contribution in [-0.2, 0) is 9.57 Å². The normalized spacial score (nSPS) is 30.2. The summed E-state index contributed by atoms with van der Waals surface area (Å²) in [7, 11) is 0. The smallest absolute Gasteiger partial charge is 0.240 e. The zero-order valence-corrected chi connectivity index (χ0v) is 11.5. The maximum Gasteiger partial charge on any atom is 0.240 e. The van der Waals surface area contributed by atoms with Gasteiger partial charge < -0.3 is 9.57 Å². The summed E-state index contributed by atoms with van der Waals surface area (Å²) in [5, 5.41) is 4.37. The van der Waals surface area contributed by atoms with Crippen LogP contribution < -0.4 is 0 Å². The van der Waals surface area contributed by atoms with Crippen LogP contribution in [-0.4, -0.2) is 18.1 Å². The Kier molecular flexibility index (Phi) is 3.56. The lowest BCUT2D eigenvalue weighted by atomic mass is 9.78. The molecule has 3 rings (SSSR count). The molecule has 19 heavy (non-hydrogen) atoms. The van der Waals surface area contributed by atoms with Gasteiger partial charge in [0.1, 0.15) is 0 Å². The quantitative estimate of drug-likeness (QED) is 0.828. The van der Waals surface area contributed by atoms with E-state index in [9.17, 15) is 0 Å². The summed E-state index contributed by atoms with van der Waals surface area (Å²) in [6.07, 6.45) is 5.55. The lowest BCUT2D eigenvalue weighted by Gasteiger charge is -2.43. The van der Waals surface area contributed by atoms with Gasteiger partial charge >= 0.3 is 0 Å². The largest absolute Gasteiger partial charge is 0.360 e. The van der Waals surface area contributed by atoms with Gasteiger partial charge in [-0.05, 0) is 25.3 Å². The molecule has 0 N–H and O–H groups in total. The van der Waals surface area contributed by atoms with Crippen LogP contribution >= 0.6 is 0 Å². The van der Waals surface area contributed by atoms with Crippen LogP contribution in [0.4, 0.5) is 0 Å². The summed E-state index contributed by atoms with van der Waals surface area (Å²) >= 11 is 0. The lowest BCUT2D eigenvalue weighted by molar-refractivity contribution is -0.283. The van der Waals surface area contributed by atoms with Gasteiger partial charge in [-0.1, -0.05) is 41.9 Å². The monoisotopic (exact) mass is 259 g/mol. The highest BCUT2D eigenvalue weighted by molar-refractivity contribution is 6.00. The van der Waals surface area contributed by atoms with Crippen LogP contribution in [0.5, 0.6) is 0 Å². The van der Waals surface area contributed by atoms with E-state index in [0.29, 0.717) is 12.5 Å². The highest BCUT2D eigenvalue weighted by Gasteiger charge is 2.47. The molecule has 1 saturated carbocycles. The van der Waals surface area contributed by atoms with Gasteiger partial charge in [0.05, 0.1) is 5.71 Å². The molecule has 2 aliphatic rings. The van der Waals surface area contributed by atoms with E-state index in [1.54, 1.807) is 0 Å². The van der Waals surface area contributed by atoms with Crippen molar-refractivity contribution >= 4 is 5.71 Å².